The molecule has 1 aliphatic rings. The Morgan fingerprint density at radius 1 is 1.10 bits per heavy atom. The maximum atomic E-state index is 14.1. The molecule has 15 heteroatoms. The maximum absolute atomic E-state index is 14.1. The third kappa shape index (κ3) is 6.56. The van der Waals surface area contributed by atoms with Crippen molar-refractivity contribution in [3.63, 3.8) is 0 Å². The Bertz CT molecular complexity index is 2430. The van der Waals surface area contributed by atoms with Crippen LogP contribution in [0.2, 0.25) is 0 Å². The van der Waals surface area contributed by atoms with Gasteiger partial charge in [0.2, 0.25) is 25.0 Å². The molecule has 0 bridgehead atoms. The number of sulfone groups is 1. The van der Waals surface area contributed by atoms with E-state index >= 15 is 0 Å². The van der Waals surface area contributed by atoms with E-state index in [1.54, 1.807) is 28.9 Å². The standard InChI is InChI=1S/C37H43N7O6S2/c1-8-26-21-43(52(48,49)31-13-11-10-12-30(31)50-26)20-25-18-24(15-14-22(25)3)32(27-16-17-29-33(23(27)4)41-42-44(29)9-2)37(5,6)34-28(35(38)45)19-39-36(40-34)51(7,46)47/h10-19,26,32H,8-9,20-21H2,1-7H3,(H2,38,45)/t26-,32+/m1/s1. The van der Waals surface area contributed by atoms with Gasteiger partial charge in [-0.2, -0.15) is 4.31 Å². The third-order valence-corrected chi connectivity index (χ3v) is 12.7. The summed E-state index contributed by atoms with van der Waals surface area (Å²) in [4.78, 5) is 21.4. The molecule has 52 heavy (non-hydrogen) atoms. The number of hydrogen-bond acceptors (Lipinski definition) is 10. The first-order valence-electron chi connectivity index (χ1n) is 17.0. The van der Waals surface area contributed by atoms with Crippen LogP contribution in [0.4, 0.5) is 0 Å². The number of nitrogens with two attached hydrogens (primary N) is 1. The lowest BCUT2D eigenvalue weighted by Crippen LogP contribution is -2.36. The highest BCUT2D eigenvalue weighted by Crippen LogP contribution is 2.46. The van der Waals surface area contributed by atoms with Gasteiger partial charge < -0.3 is 10.5 Å². The molecule has 0 aliphatic carbocycles. The Balaban J connectivity index is 1.56. The molecule has 13 nitrogen and oxygen atoms in total. The lowest BCUT2D eigenvalue weighted by Gasteiger charge is -2.37. The fourth-order valence-electron chi connectivity index (χ4n) is 7.10. The SMILES string of the molecule is CC[C@@H]1CN(Cc2cc([C@@H](c3ccc4c(nnn4CC)c3C)C(C)(C)c3nc(S(C)(=O)=O)ncc3C(N)=O)ccc2C)S(=O)(=O)c2ccccc2O1. The van der Waals surface area contributed by atoms with E-state index in [9.17, 15) is 21.6 Å². The van der Waals surface area contributed by atoms with Crippen molar-refractivity contribution >= 4 is 36.8 Å². The number of sulfonamides is 1. The average molecular weight is 746 g/mol. The number of rotatable bonds is 10. The van der Waals surface area contributed by atoms with Gasteiger partial charge in [0.25, 0.3) is 5.91 Å². The summed E-state index contributed by atoms with van der Waals surface area (Å²) in [5, 5.41) is 8.39. The van der Waals surface area contributed by atoms with E-state index in [1.165, 1.54) is 4.31 Å². The molecule has 5 aromatic rings. The minimum Gasteiger partial charge on any atom is -0.488 e. The summed E-state index contributed by atoms with van der Waals surface area (Å²) in [6.45, 7) is 12.4. The predicted octanol–water partition coefficient (Wildman–Crippen LogP) is 4.83. The summed E-state index contributed by atoms with van der Waals surface area (Å²) >= 11 is 0. The number of para-hydroxylation sites is 1. The number of nitrogens with zero attached hydrogens (tertiary/aromatic N) is 6. The molecule has 6 rings (SSSR count). The van der Waals surface area contributed by atoms with Crippen molar-refractivity contribution in [3.05, 3.63) is 99.9 Å². The van der Waals surface area contributed by atoms with Gasteiger partial charge in [-0.15, -0.1) is 5.10 Å². The van der Waals surface area contributed by atoms with E-state index in [0.717, 1.165) is 45.8 Å². The van der Waals surface area contributed by atoms with Crippen LogP contribution in [0.3, 0.4) is 0 Å². The molecular weight excluding hydrogens is 703 g/mol. The highest BCUT2D eigenvalue weighted by molar-refractivity contribution is 7.90. The quantitative estimate of drug-likeness (QED) is 0.195. The van der Waals surface area contributed by atoms with E-state index < -0.39 is 42.3 Å². The normalized spacial score (nSPS) is 16.9. The van der Waals surface area contributed by atoms with Crippen LogP contribution in [0.15, 0.2) is 70.8 Å². The number of amides is 1. The first-order chi connectivity index (χ1) is 24.5. The van der Waals surface area contributed by atoms with E-state index in [0.29, 0.717) is 24.2 Å². The van der Waals surface area contributed by atoms with Gasteiger partial charge in [0.05, 0.1) is 23.3 Å². The lowest BCUT2D eigenvalue weighted by atomic mass is 9.67. The summed E-state index contributed by atoms with van der Waals surface area (Å²) in [6, 6.07) is 16.5. The predicted molar refractivity (Wildman–Crippen MR) is 196 cm³/mol. The van der Waals surface area contributed by atoms with Gasteiger partial charge in [-0.1, -0.05) is 62.4 Å². The Labute approximate surface area is 304 Å². The molecule has 3 heterocycles. The molecule has 274 valence electrons. The second-order valence-corrected chi connectivity index (χ2v) is 17.7. The second-order valence-electron chi connectivity index (χ2n) is 13.8. The minimum absolute atomic E-state index is 0.00896. The molecule has 1 amide bonds. The second kappa shape index (κ2) is 13.7. The number of aromatic nitrogens is 5. The summed E-state index contributed by atoms with van der Waals surface area (Å²) in [6.07, 6.45) is 2.42. The fourth-order valence-corrected chi connectivity index (χ4v) is 9.17. The maximum Gasteiger partial charge on any atom is 0.252 e. The van der Waals surface area contributed by atoms with Gasteiger partial charge in [0.15, 0.2) is 0 Å². The van der Waals surface area contributed by atoms with Crippen molar-refractivity contribution in [2.24, 2.45) is 5.73 Å². The molecule has 0 saturated heterocycles. The Morgan fingerprint density at radius 3 is 2.50 bits per heavy atom. The lowest BCUT2D eigenvalue weighted by molar-refractivity contribution is 0.0996. The molecule has 2 atom stereocenters. The van der Waals surface area contributed by atoms with E-state index in [1.807, 2.05) is 71.9 Å². The van der Waals surface area contributed by atoms with Crippen LogP contribution in [0.5, 0.6) is 5.75 Å². The number of aryl methyl sites for hydroxylation is 3. The number of benzene rings is 3. The van der Waals surface area contributed by atoms with Gasteiger partial charge in [0.1, 0.15) is 22.3 Å². The largest absolute Gasteiger partial charge is 0.488 e. The zero-order valence-corrected chi connectivity index (χ0v) is 31.9. The van der Waals surface area contributed by atoms with E-state index in [-0.39, 0.29) is 35.3 Å². The van der Waals surface area contributed by atoms with Gasteiger partial charge in [0, 0.05) is 36.9 Å². The smallest absolute Gasteiger partial charge is 0.252 e. The van der Waals surface area contributed by atoms with Gasteiger partial charge in [-0.3, -0.25) is 4.79 Å². The van der Waals surface area contributed by atoms with Crippen molar-refractivity contribution < 1.29 is 26.4 Å². The van der Waals surface area contributed by atoms with E-state index in [2.05, 4.69) is 20.3 Å². The minimum atomic E-state index is -3.93. The summed E-state index contributed by atoms with van der Waals surface area (Å²) in [5.41, 5.74) is 10.6. The summed E-state index contributed by atoms with van der Waals surface area (Å²) < 4.78 is 63.0. The topological polar surface area (TPSA) is 180 Å². The highest BCUT2D eigenvalue weighted by Gasteiger charge is 2.41. The Hall–Kier alpha value is -4.73. The van der Waals surface area contributed by atoms with Crippen LogP contribution in [-0.2, 0) is 38.4 Å². The number of carbonyl (C=O) groups is 1. The van der Waals surface area contributed by atoms with Crippen LogP contribution in [0.25, 0.3) is 11.0 Å². The first kappa shape index (κ1) is 37.0. The highest BCUT2D eigenvalue weighted by atomic mass is 32.2. The van der Waals surface area contributed by atoms with Crippen molar-refractivity contribution in [1.29, 1.82) is 0 Å². The van der Waals surface area contributed by atoms with Gasteiger partial charge in [-0.05, 0) is 73.2 Å². The van der Waals surface area contributed by atoms with Crippen LogP contribution in [0.1, 0.15) is 83.9 Å². The van der Waals surface area contributed by atoms with Crippen molar-refractivity contribution in [1.82, 2.24) is 29.3 Å². The summed E-state index contributed by atoms with van der Waals surface area (Å²) in [7, 11) is -7.79. The van der Waals surface area contributed by atoms with Crippen molar-refractivity contribution in [2.75, 3.05) is 12.8 Å². The first-order valence-corrected chi connectivity index (χ1v) is 20.4. The molecule has 2 aromatic heterocycles. The van der Waals surface area contributed by atoms with Gasteiger partial charge in [-0.25, -0.2) is 31.5 Å². The molecule has 2 N–H and O–H groups in total. The van der Waals surface area contributed by atoms with Crippen molar-refractivity contribution in [2.45, 2.75) is 88.5 Å². The molecule has 0 saturated carbocycles. The molecule has 0 unspecified atom stereocenters. The zero-order valence-electron chi connectivity index (χ0n) is 30.3. The van der Waals surface area contributed by atoms with Crippen LogP contribution < -0.4 is 10.5 Å². The third-order valence-electron chi connectivity index (χ3n) is 9.97. The number of fused-ring (bicyclic) bond motifs is 2. The molecule has 1 aliphatic heterocycles. The Kier molecular flexibility index (Phi) is 9.74. The van der Waals surface area contributed by atoms with Crippen LogP contribution in [-0.4, -0.2) is 70.9 Å². The van der Waals surface area contributed by atoms with Gasteiger partial charge >= 0.3 is 0 Å². The summed E-state index contributed by atoms with van der Waals surface area (Å²) in [5.74, 6) is -1.04. The number of carbonyl (C=O) groups excluding carboxylic acids is 1. The molecule has 0 spiro atoms. The zero-order chi connectivity index (χ0) is 37.7. The monoisotopic (exact) mass is 745 g/mol. The fraction of sp³-hybridized carbons (Fsp3) is 0.378. The molecule has 0 fully saturated rings. The Morgan fingerprint density at radius 2 is 1.83 bits per heavy atom. The molecule has 0 radical (unpaired) electrons. The van der Waals surface area contributed by atoms with Crippen LogP contribution >= 0.6 is 0 Å². The molecular formula is C37H43N7O6S2. The number of ether oxygens (including phenoxy) is 1. The number of primary amides is 1. The average Bonchev–Trinajstić information content (AvgIpc) is 3.49. The van der Waals surface area contributed by atoms with Crippen molar-refractivity contribution in [3.8, 4) is 5.75 Å². The molecule has 3 aromatic carbocycles. The number of hydrogen-bond donors (Lipinski definition) is 1. The van der Waals surface area contributed by atoms with Crippen LogP contribution in [0, 0.1) is 13.8 Å². The van der Waals surface area contributed by atoms with E-state index in [4.69, 9.17) is 10.5 Å².